The van der Waals surface area contributed by atoms with E-state index in [1.807, 2.05) is 6.92 Å². The maximum atomic E-state index is 13.2. The van der Waals surface area contributed by atoms with Crippen LogP contribution in [0.1, 0.15) is 11.1 Å². The number of halogens is 2. The van der Waals surface area contributed by atoms with Crippen molar-refractivity contribution < 1.29 is 17.2 Å². The summed E-state index contributed by atoms with van der Waals surface area (Å²) in [6.45, 7) is 3.59. The summed E-state index contributed by atoms with van der Waals surface area (Å²) in [6, 6.07) is 11.2. The zero-order valence-corrected chi connectivity index (χ0v) is 15.3. The molecule has 0 unspecified atom stereocenters. The molecule has 3 aromatic rings. The highest BCUT2D eigenvalue weighted by atomic mass is 32.2. The van der Waals surface area contributed by atoms with Gasteiger partial charge in [0.25, 0.3) is 10.0 Å². The van der Waals surface area contributed by atoms with Gasteiger partial charge >= 0.3 is 0 Å². The zero-order chi connectivity index (χ0) is 19.6. The molecule has 6 nitrogen and oxygen atoms in total. The van der Waals surface area contributed by atoms with Crippen molar-refractivity contribution in [3.05, 3.63) is 71.3 Å². The Morgan fingerprint density at radius 1 is 0.852 bits per heavy atom. The van der Waals surface area contributed by atoms with Crippen LogP contribution in [0.4, 0.5) is 26.1 Å². The van der Waals surface area contributed by atoms with Crippen molar-refractivity contribution in [2.45, 2.75) is 18.7 Å². The number of hydrogen-bond donors (Lipinski definition) is 2. The van der Waals surface area contributed by atoms with E-state index >= 15 is 0 Å². The first kappa shape index (κ1) is 18.7. The Labute approximate surface area is 155 Å². The van der Waals surface area contributed by atoms with Gasteiger partial charge in [0.05, 0.1) is 4.90 Å². The minimum Gasteiger partial charge on any atom is -0.339 e. The standard InChI is InChI=1S/C18H16F2N4O2S/c1-11-3-6-16(12(2)9-11)27(25,26)24-18-8-7-17(22-23-18)21-13-4-5-14(19)15(20)10-13/h3-10H,1-2H3,(H,21,22)(H,23,24). The van der Waals surface area contributed by atoms with Crippen LogP contribution in [0, 0.1) is 25.5 Å². The van der Waals surface area contributed by atoms with Crippen molar-refractivity contribution >= 4 is 27.3 Å². The number of aryl methyl sites for hydroxylation is 2. The number of aromatic nitrogens is 2. The van der Waals surface area contributed by atoms with Crippen LogP contribution in [-0.4, -0.2) is 18.6 Å². The Balaban J connectivity index is 1.76. The first-order chi connectivity index (χ1) is 12.7. The topological polar surface area (TPSA) is 84.0 Å². The maximum absolute atomic E-state index is 13.2. The summed E-state index contributed by atoms with van der Waals surface area (Å²) in [6.07, 6.45) is 0. The van der Waals surface area contributed by atoms with E-state index in [1.165, 1.54) is 24.3 Å². The number of benzene rings is 2. The van der Waals surface area contributed by atoms with Crippen LogP contribution >= 0.6 is 0 Å². The van der Waals surface area contributed by atoms with Crippen molar-refractivity contribution in [1.29, 1.82) is 0 Å². The lowest BCUT2D eigenvalue weighted by Crippen LogP contribution is -2.15. The monoisotopic (exact) mass is 390 g/mol. The highest BCUT2D eigenvalue weighted by molar-refractivity contribution is 7.92. The van der Waals surface area contributed by atoms with Gasteiger partial charge in [0, 0.05) is 11.8 Å². The summed E-state index contributed by atoms with van der Waals surface area (Å²) in [4.78, 5) is 0.152. The molecule has 0 spiro atoms. The second-order valence-electron chi connectivity index (χ2n) is 5.93. The van der Waals surface area contributed by atoms with Crippen LogP contribution in [0.2, 0.25) is 0 Å². The molecular weight excluding hydrogens is 374 g/mol. The number of nitrogens with zero attached hydrogens (tertiary/aromatic N) is 2. The first-order valence-corrected chi connectivity index (χ1v) is 9.39. The average molecular weight is 390 g/mol. The van der Waals surface area contributed by atoms with Crippen molar-refractivity contribution in [3.8, 4) is 0 Å². The molecule has 0 fully saturated rings. The molecule has 140 valence electrons. The minimum absolute atomic E-state index is 0.0332. The Morgan fingerprint density at radius 2 is 1.56 bits per heavy atom. The molecule has 0 atom stereocenters. The van der Waals surface area contributed by atoms with Gasteiger partial charge in [-0.25, -0.2) is 17.2 Å². The molecule has 0 saturated carbocycles. The fraction of sp³-hybridized carbons (Fsp3) is 0.111. The summed E-state index contributed by atoms with van der Waals surface area (Å²) in [5, 5.41) is 10.4. The summed E-state index contributed by atoms with van der Waals surface area (Å²) < 4.78 is 53.5. The minimum atomic E-state index is -3.81. The van der Waals surface area contributed by atoms with Crippen molar-refractivity contribution in [1.82, 2.24) is 10.2 Å². The highest BCUT2D eigenvalue weighted by Gasteiger charge is 2.17. The van der Waals surface area contributed by atoms with Crippen LogP contribution in [0.3, 0.4) is 0 Å². The van der Waals surface area contributed by atoms with E-state index in [4.69, 9.17) is 0 Å². The molecule has 0 aliphatic carbocycles. The normalized spacial score (nSPS) is 11.3. The lowest BCUT2D eigenvalue weighted by atomic mass is 10.2. The van der Waals surface area contributed by atoms with Gasteiger partial charge in [0.1, 0.15) is 0 Å². The largest absolute Gasteiger partial charge is 0.339 e. The van der Waals surface area contributed by atoms with E-state index in [-0.39, 0.29) is 22.2 Å². The molecule has 0 saturated heterocycles. The first-order valence-electron chi connectivity index (χ1n) is 7.90. The van der Waals surface area contributed by atoms with Gasteiger partial charge in [-0.2, -0.15) is 0 Å². The van der Waals surface area contributed by atoms with E-state index in [9.17, 15) is 17.2 Å². The highest BCUT2D eigenvalue weighted by Crippen LogP contribution is 2.21. The third-order valence-electron chi connectivity index (χ3n) is 3.72. The fourth-order valence-corrected chi connectivity index (χ4v) is 3.69. The van der Waals surface area contributed by atoms with Gasteiger partial charge in [-0.05, 0) is 49.7 Å². The molecule has 1 aromatic heterocycles. The van der Waals surface area contributed by atoms with Crippen LogP contribution in [-0.2, 0) is 10.0 Å². The number of sulfonamides is 1. The average Bonchev–Trinajstić information content (AvgIpc) is 2.59. The molecule has 27 heavy (non-hydrogen) atoms. The van der Waals surface area contributed by atoms with Crippen LogP contribution in [0.15, 0.2) is 53.4 Å². The lowest BCUT2D eigenvalue weighted by molar-refractivity contribution is 0.509. The third kappa shape index (κ3) is 4.37. The van der Waals surface area contributed by atoms with E-state index in [0.717, 1.165) is 17.7 Å². The number of hydrogen-bond acceptors (Lipinski definition) is 5. The molecule has 0 amide bonds. The Bertz CT molecular complexity index is 1090. The molecule has 0 bridgehead atoms. The summed E-state index contributed by atoms with van der Waals surface area (Å²) in [5.74, 6) is -1.67. The molecule has 2 N–H and O–H groups in total. The maximum Gasteiger partial charge on any atom is 0.263 e. The number of nitrogens with one attached hydrogen (secondary N) is 2. The zero-order valence-electron chi connectivity index (χ0n) is 14.5. The Morgan fingerprint density at radius 3 is 2.19 bits per heavy atom. The van der Waals surface area contributed by atoms with Gasteiger partial charge in [0.2, 0.25) is 0 Å². The quantitative estimate of drug-likeness (QED) is 0.690. The number of anilines is 3. The smallest absolute Gasteiger partial charge is 0.263 e. The molecular formula is C18H16F2N4O2S. The van der Waals surface area contributed by atoms with Gasteiger partial charge < -0.3 is 5.32 Å². The van der Waals surface area contributed by atoms with Gasteiger partial charge in [-0.3, -0.25) is 4.72 Å². The third-order valence-corrected chi connectivity index (χ3v) is 5.23. The molecule has 9 heteroatoms. The fourth-order valence-electron chi connectivity index (χ4n) is 2.47. The predicted octanol–water partition coefficient (Wildman–Crippen LogP) is 3.92. The van der Waals surface area contributed by atoms with E-state index in [1.54, 1.807) is 19.1 Å². The SMILES string of the molecule is Cc1ccc(S(=O)(=O)Nc2ccc(Nc3ccc(F)c(F)c3)nn2)c(C)c1. The summed E-state index contributed by atoms with van der Waals surface area (Å²) >= 11 is 0. The Hall–Kier alpha value is -3.07. The van der Waals surface area contributed by atoms with Crippen molar-refractivity contribution in [2.75, 3.05) is 10.0 Å². The summed E-state index contributed by atoms with van der Waals surface area (Å²) in [5.41, 5.74) is 1.86. The summed E-state index contributed by atoms with van der Waals surface area (Å²) in [7, 11) is -3.81. The molecule has 2 aromatic carbocycles. The molecule has 3 rings (SSSR count). The van der Waals surface area contributed by atoms with Crippen LogP contribution < -0.4 is 10.0 Å². The van der Waals surface area contributed by atoms with E-state index in [2.05, 4.69) is 20.2 Å². The van der Waals surface area contributed by atoms with Gasteiger partial charge in [0.15, 0.2) is 23.3 Å². The van der Waals surface area contributed by atoms with Gasteiger partial charge in [-0.1, -0.05) is 17.7 Å². The second-order valence-corrected chi connectivity index (χ2v) is 7.58. The molecule has 0 aliphatic heterocycles. The number of rotatable bonds is 5. The van der Waals surface area contributed by atoms with Gasteiger partial charge in [-0.15, -0.1) is 10.2 Å². The molecule has 0 radical (unpaired) electrons. The Kier molecular flexibility index (Phi) is 5.04. The van der Waals surface area contributed by atoms with E-state index < -0.39 is 21.7 Å². The van der Waals surface area contributed by atoms with Crippen LogP contribution in [0.25, 0.3) is 0 Å². The second kappa shape index (κ2) is 7.28. The van der Waals surface area contributed by atoms with E-state index in [0.29, 0.717) is 5.56 Å². The predicted molar refractivity (Wildman–Crippen MR) is 98.4 cm³/mol. The lowest BCUT2D eigenvalue weighted by Gasteiger charge is -2.10. The molecule has 0 aliphatic rings. The van der Waals surface area contributed by atoms with Crippen LogP contribution in [0.5, 0.6) is 0 Å². The molecule has 1 heterocycles. The van der Waals surface area contributed by atoms with Crippen molar-refractivity contribution in [2.24, 2.45) is 0 Å². The van der Waals surface area contributed by atoms with Crippen molar-refractivity contribution in [3.63, 3.8) is 0 Å².